The Balaban J connectivity index is 1.97. The summed E-state index contributed by atoms with van der Waals surface area (Å²) in [5.41, 5.74) is 1.49. The molecule has 0 amide bonds. The molecule has 88 valence electrons. The minimum absolute atomic E-state index is 0.195. The second-order valence-corrected chi connectivity index (χ2v) is 5.15. The van der Waals surface area contributed by atoms with Crippen LogP contribution in [0.4, 0.5) is 0 Å². The van der Waals surface area contributed by atoms with Gasteiger partial charge in [0.1, 0.15) is 5.75 Å². The molecule has 0 atom stereocenters. The van der Waals surface area contributed by atoms with E-state index in [1.807, 2.05) is 26.0 Å². The summed E-state index contributed by atoms with van der Waals surface area (Å²) in [5.74, 6) is 0.924. The Hall–Kier alpha value is -1.02. The van der Waals surface area contributed by atoms with Gasteiger partial charge in [0.05, 0.1) is 6.10 Å². The summed E-state index contributed by atoms with van der Waals surface area (Å²) in [6, 6.07) is 8.24. The molecule has 0 bridgehead atoms. The van der Waals surface area contributed by atoms with Crippen molar-refractivity contribution < 1.29 is 9.84 Å². The van der Waals surface area contributed by atoms with Gasteiger partial charge in [-0.3, -0.25) is 0 Å². The summed E-state index contributed by atoms with van der Waals surface area (Å²) >= 11 is 0. The summed E-state index contributed by atoms with van der Waals surface area (Å²) in [4.78, 5) is 0. The van der Waals surface area contributed by atoms with E-state index in [0.29, 0.717) is 6.61 Å². The van der Waals surface area contributed by atoms with Crippen molar-refractivity contribution in [3.63, 3.8) is 0 Å². The minimum Gasteiger partial charge on any atom is -0.491 e. The van der Waals surface area contributed by atoms with Crippen LogP contribution in [-0.4, -0.2) is 17.8 Å². The van der Waals surface area contributed by atoms with Gasteiger partial charge in [0.15, 0.2) is 0 Å². The van der Waals surface area contributed by atoms with Gasteiger partial charge in [-0.2, -0.15) is 0 Å². The molecule has 1 aliphatic rings. The predicted octanol–water partition coefficient (Wildman–Crippen LogP) is 2.79. The lowest BCUT2D eigenvalue weighted by atomic mass is 9.97. The van der Waals surface area contributed by atoms with Crippen LogP contribution in [0.3, 0.4) is 0 Å². The fourth-order valence-corrected chi connectivity index (χ4v) is 1.96. The van der Waals surface area contributed by atoms with E-state index in [1.165, 1.54) is 5.56 Å². The Labute approximate surface area is 97.3 Å². The summed E-state index contributed by atoms with van der Waals surface area (Å²) in [6.07, 6.45) is 3.53. The number of benzene rings is 1. The first-order valence-corrected chi connectivity index (χ1v) is 6.00. The molecule has 1 aromatic rings. The van der Waals surface area contributed by atoms with Crippen molar-refractivity contribution in [2.75, 3.05) is 6.61 Å². The lowest BCUT2D eigenvalue weighted by Gasteiger charge is -2.13. The van der Waals surface area contributed by atoms with Gasteiger partial charge in [0, 0.05) is 6.61 Å². The number of rotatable bonds is 5. The van der Waals surface area contributed by atoms with E-state index in [1.54, 1.807) is 0 Å². The van der Waals surface area contributed by atoms with Crippen LogP contribution in [-0.2, 0) is 6.42 Å². The van der Waals surface area contributed by atoms with Gasteiger partial charge in [0.25, 0.3) is 0 Å². The summed E-state index contributed by atoms with van der Waals surface area (Å²) in [5, 5.41) is 9.27. The highest BCUT2D eigenvalue weighted by atomic mass is 16.5. The second kappa shape index (κ2) is 4.46. The van der Waals surface area contributed by atoms with E-state index in [2.05, 4.69) is 12.1 Å². The highest BCUT2D eigenvalue weighted by Crippen LogP contribution is 2.47. The molecule has 2 nitrogen and oxygen atoms in total. The standard InChI is InChI=1S/C14H20O2/c1-11(2)16-13-5-3-12(4-6-13)9-14(10-15)7-8-14/h3-6,11,15H,7-10H2,1-2H3. The molecule has 1 saturated carbocycles. The maximum Gasteiger partial charge on any atom is 0.119 e. The first-order chi connectivity index (χ1) is 7.63. The molecule has 2 heteroatoms. The quantitative estimate of drug-likeness (QED) is 0.826. The molecule has 0 saturated heterocycles. The Bertz CT molecular complexity index is 336. The molecular weight excluding hydrogens is 200 g/mol. The summed E-state index contributed by atoms with van der Waals surface area (Å²) in [7, 11) is 0. The van der Waals surface area contributed by atoms with Crippen LogP contribution < -0.4 is 4.74 Å². The number of aliphatic hydroxyl groups is 1. The van der Waals surface area contributed by atoms with Crippen molar-refractivity contribution in [3.8, 4) is 5.75 Å². The van der Waals surface area contributed by atoms with E-state index in [0.717, 1.165) is 25.0 Å². The van der Waals surface area contributed by atoms with Gasteiger partial charge < -0.3 is 9.84 Å². The summed E-state index contributed by atoms with van der Waals surface area (Å²) < 4.78 is 5.59. The van der Waals surface area contributed by atoms with E-state index >= 15 is 0 Å². The Morgan fingerprint density at radius 3 is 2.31 bits per heavy atom. The number of hydrogen-bond acceptors (Lipinski definition) is 2. The SMILES string of the molecule is CC(C)Oc1ccc(CC2(CO)CC2)cc1. The normalized spacial score (nSPS) is 17.5. The van der Waals surface area contributed by atoms with Gasteiger partial charge in [-0.25, -0.2) is 0 Å². The van der Waals surface area contributed by atoms with E-state index in [9.17, 15) is 5.11 Å². The molecule has 16 heavy (non-hydrogen) atoms. The molecule has 1 aromatic carbocycles. The average molecular weight is 220 g/mol. The molecule has 2 rings (SSSR count). The van der Waals surface area contributed by atoms with Gasteiger partial charge in [-0.15, -0.1) is 0 Å². The van der Waals surface area contributed by atoms with Crippen molar-refractivity contribution in [1.29, 1.82) is 0 Å². The predicted molar refractivity (Wildman–Crippen MR) is 64.7 cm³/mol. The smallest absolute Gasteiger partial charge is 0.119 e. The summed E-state index contributed by atoms with van der Waals surface area (Å²) in [6.45, 7) is 4.37. The first-order valence-electron chi connectivity index (χ1n) is 6.00. The largest absolute Gasteiger partial charge is 0.491 e. The van der Waals surface area contributed by atoms with E-state index < -0.39 is 0 Å². The fourth-order valence-electron chi connectivity index (χ4n) is 1.96. The zero-order chi connectivity index (χ0) is 11.6. The fraction of sp³-hybridized carbons (Fsp3) is 0.571. The number of ether oxygens (including phenoxy) is 1. The molecule has 0 aliphatic heterocycles. The molecule has 1 aliphatic carbocycles. The van der Waals surface area contributed by atoms with E-state index in [-0.39, 0.29) is 11.5 Å². The Morgan fingerprint density at radius 2 is 1.88 bits per heavy atom. The molecule has 0 unspecified atom stereocenters. The van der Waals surface area contributed by atoms with Crippen LogP contribution in [0.2, 0.25) is 0 Å². The van der Waals surface area contributed by atoms with Crippen LogP contribution in [0, 0.1) is 5.41 Å². The van der Waals surface area contributed by atoms with E-state index in [4.69, 9.17) is 4.74 Å². The Morgan fingerprint density at radius 1 is 1.25 bits per heavy atom. The molecule has 0 radical (unpaired) electrons. The van der Waals surface area contributed by atoms with Crippen LogP contribution in [0.1, 0.15) is 32.3 Å². The molecule has 1 N–H and O–H groups in total. The average Bonchev–Trinajstić information content (AvgIpc) is 3.01. The number of hydrogen-bond donors (Lipinski definition) is 1. The van der Waals surface area contributed by atoms with Gasteiger partial charge >= 0.3 is 0 Å². The zero-order valence-corrected chi connectivity index (χ0v) is 10.1. The monoisotopic (exact) mass is 220 g/mol. The van der Waals surface area contributed by atoms with Crippen molar-refractivity contribution in [1.82, 2.24) is 0 Å². The topological polar surface area (TPSA) is 29.5 Å². The van der Waals surface area contributed by atoms with Crippen molar-refractivity contribution in [2.24, 2.45) is 5.41 Å². The zero-order valence-electron chi connectivity index (χ0n) is 10.1. The minimum atomic E-state index is 0.195. The van der Waals surface area contributed by atoms with Gasteiger partial charge in [-0.05, 0) is 56.2 Å². The molecular formula is C14H20O2. The molecule has 0 heterocycles. The highest BCUT2D eigenvalue weighted by Gasteiger charge is 2.41. The van der Waals surface area contributed by atoms with Gasteiger partial charge in [0.2, 0.25) is 0 Å². The third kappa shape index (κ3) is 2.76. The van der Waals surface area contributed by atoms with Gasteiger partial charge in [-0.1, -0.05) is 12.1 Å². The first kappa shape index (κ1) is 11.5. The van der Waals surface area contributed by atoms with Crippen LogP contribution >= 0.6 is 0 Å². The van der Waals surface area contributed by atoms with Crippen molar-refractivity contribution >= 4 is 0 Å². The maximum absolute atomic E-state index is 9.27. The maximum atomic E-state index is 9.27. The molecule has 1 fully saturated rings. The third-order valence-corrected chi connectivity index (χ3v) is 3.17. The van der Waals surface area contributed by atoms with Crippen LogP contribution in [0.15, 0.2) is 24.3 Å². The van der Waals surface area contributed by atoms with Crippen molar-refractivity contribution in [2.45, 2.75) is 39.2 Å². The van der Waals surface area contributed by atoms with Crippen LogP contribution in [0.25, 0.3) is 0 Å². The lowest BCUT2D eigenvalue weighted by Crippen LogP contribution is -2.10. The van der Waals surface area contributed by atoms with Crippen molar-refractivity contribution in [3.05, 3.63) is 29.8 Å². The highest BCUT2D eigenvalue weighted by molar-refractivity contribution is 5.28. The molecule has 0 spiro atoms. The number of aliphatic hydroxyl groups excluding tert-OH is 1. The lowest BCUT2D eigenvalue weighted by molar-refractivity contribution is 0.211. The molecule has 0 aromatic heterocycles. The van der Waals surface area contributed by atoms with Crippen LogP contribution in [0.5, 0.6) is 5.75 Å². The third-order valence-electron chi connectivity index (χ3n) is 3.17. The second-order valence-electron chi connectivity index (χ2n) is 5.15. The Kier molecular flexibility index (Phi) is 3.20.